The molecule has 0 bridgehead atoms. The van der Waals surface area contributed by atoms with Gasteiger partial charge in [0.05, 0.1) is 21.2 Å². The number of rotatable bonds is 6. The van der Waals surface area contributed by atoms with Gasteiger partial charge in [0.2, 0.25) is 0 Å². The molecule has 0 spiro atoms. The summed E-state index contributed by atoms with van der Waals surface area (Å²) >= 11 is 12.1. The van der Waals surface area contributed by atoms with E-state index >= 15 is 0 Å². The molecule has 29 heavy (non-hydrogen) atoms. The van der Waals surface area contributed by atoms with E-state index in [0.29, 0.717) is 19.2 Å². The van der Waals surface area contributed by atoms with Crippen LogP contribution in [0, 0.1) is 0 Å². The van der Waals surface area contributed by atoms with E-state index in [-0.39, 0.29) is 21.3 Å². The molecule has 1 amide bonds. The normalized spacial score (nSPS) is 12.0. The molecule has 0 unspecified atom stereocenters. The number of nitrogens with zero attached hydrogens (tertiary/aromatic N) is 1. The monoisotopic (exact) mass is 468 g/mol. The molecule has 0 aromatic heterocycles. The minimum absolute atomic E-state index is 0.0371. The fraction of sp³-hybridized carbons (Fsp3) is 0.278. The molecule has 11 heteroatoms. The Balaban J connectivity index is 2.48. The number of nitrogens with one attached hydrogen (secondary N) is 1. The molecule has 0 heterocycles. The lowest BCUT2D eigenvalue weighted by Gasteiger charge is -2.20. The van der Waals surface area contributed by atoms with Crippen molar-refractivity contribution in [3.05, 3.63) is 57.6 Å². The first-order valence-corrected chi connectivity index (χ1v) is 10.6. The zero-order valence-corrected chi connectivity index (χ0v) is 17.7. The van der Waals surface area contributed by atoms with Crippen molar-refractivity contribution >= 4 is 44.8 Å². The van der Waals surface area contributed by atoms with Gasteiger partial charge in [0, 0.05) is 18.8 Å². The number of carbonyl (C=O) groups is 1. The zero-order valence-electron chi connectivity index (χ0n) is 15.3. The van der Waals surface area contributed by atoms with Crippen LogP contribution in [0.5, 0.6) is 0 Å². The first-order valence-electron chi connectivity index (χ1n) is 8.39. The van der Waals surface area contributed by atoms with E-state index in [1.165, 1.54) is 11.0 Å². The van der Waals surface area contributed by atoms with Crippen LogP contribution in [-0.2, 0) is 16.2 Å². The van der Waals surface area contributed by atoms with Crippen molar-refractivity contribution in [3.63, 3.8) is 0 Å². The Morgan fingerprint density at radius 1 is 1.07 bits per heavy atom. The van der Waals surface area contributed by atoms with Gasteiger partial charge in [0.15, 0.2) is 0 Å². The molecule has 5 nitrogen and oxygen atoms in total. The summed E-state index contributed by atoms with van der Waals surface area (Å²) in [7, 11) is -4.40. The number of benzene rings is 2. The minimum atomic E-state index is -4.64. The molecule has 0 atom stereocenters. The fourth-order valence-corrected chi connectivity index (χ4v) is 4.45. The maximum absolute atomic E-state index is 12.9. The number of hydrogen-bond acceptors (Lipinski definition) is 3. The number of amides is 1. The number of sulfonamides is 1. The topological polar surface area (TPSA) is 66.5 Å². The van der Waals surface area contributed by atoms with E-state index in [1.54, 1.807) is 13.8 Å². The molecule has 0 aliphatic rings. The van der Waals surface area contributed by atoms with Crippen LogP contribution in [0.2, 0.25) is 10.0 Å². The molecule has 0 aliphatic carbocycles. The van der Waals surface area contributed by atoms with Gasteiger partial charge >= 0.3 is 6.18 Å². The van der Waals surface area contributed by atoms with Crippen LogP contribution in [-0.4, -0.2) is 32.3 Å². The summed E-state index contributed by atoms with van der Waals surface area (Å²) in [5.74, 6) is -0.493. The van der Waals surface area contributed by atoms with Crippen molar-refractivity contribution in [2.24, 2.45) is 0 Å². The average Bonchev–Trinajstić information content (AvgIpc) is 2.61. The van der Waals surface area contributed by atoms with E-state index in [0.717, 1.165) is 24.3 Å². The predicted molar refractivity (Wildman–Crippen MR) is 106 cm³/mol. The number of alkyl halides is 3. The molecule has 1 N–H and O–H groups in total. The summed E-state index contributed by atoms with van der Waals surface area (Å²) < 4.78 is 66.1. The maximum Gasteiger partial charge on any atom is 0.416 e. The highest BCUT2D eigenvalue weighted by Gasteiger charge is 2.31. The van der Waals surface area contributed by atoms with Crippen molar-refractivity contribution in [2.45, 2.75) is 24.9 Å². The van der Waals surface area contributed by atoms with Gasteiger partial charge in [-0.2, -0.15) is 13.2 Å². The second-order valence-electron chi connectivity index (χ2n) is 5.92. The minimum Gasteiger partial charge on any atom is -0.339 e. The van der Waals surface area contributed by atoms with Gasteiger partial charge in [-0.1, -0.05) is 29.3 Å². The second-order valence-corrected chi connectivity index (χ2v) is 8.39. The fourth-order valence-electron chi connectivity index (χ4n) is 2.55. The molecule has 0 radical (unpaired) electrons. The van der Waals surface area contributed by atoms with Crippen LogP contribution in [0.25, 0.3) is 0 Å². The highest BCUT2D eigenvalue weighted by atomic mass is 35.5. The summed E-state index contributed by atoms with van der Waals surface area (Å²) in [5, 5.41) is -0.310. The third kappa shape index (κ3) is 5.34. The van der Waals surface area contributed by atoms with Gasteiger partial charge in [-0.05, 0) is 44.2 Å². The Morgan fingerprint density at radius 3 is 2.24 bits per heavy atom. The van der Waals surface area contributed by atoms with Gasteiger partial charge in [0.25, 0.3) is 15.9 Å². The van der Waals surface area contributed by atoms with Crippen LogP contribution in [0.1, 0.15) is 29.8 Å². The maximum atomic E-state index is 12.9. The highest BCUT2D eigenvalue weighted by molar-refractivity contribution is 7.92. The summed E-state index contributed by atoms with van der Waals surface area (Å²) in [5.41, 5.74) is -1.40. The third-order valence-electron chi connectivity index (χ3n) is 4.03. The van der Waals surface area contributed by atoms with E-state index in [1.807, 2.05) is 0 Å². The molecular weight excluding hydrogens is 452 g/mol. The number of anilines is 1. The number of carbonyl (C=O) groups excluding carboxylic acids is 1. The summed E-state index contributed by atoms with van der Waals surface area (Å²) in [6, 6.07) is 5.83. The largest absolute Gasteiger partial charge is 0.416 e. The molecular formula is C18H17Cl2F3N2O3S. The molecule has 0 fully saturated rings. The lowest BCUT2D eigenvalue weighted by molar-refractivity contribution is -0.137. The van der Waals surface area contributed by atoms with Gasteiger partial charge in [0.1, 0.15) is 4.90 Å². The van der Waals surface area contributed by atoms with Crippen molar-refractivity contribution in [1.29, 1.82) is 0 Å². The van der Waals surface area contributed by atoms with E-state index < -0.39 is 32.6 Å². The Bertz CT molecular complexity index is 1020. The van der Waals surface area contributed by atoms with E-state index in [4.69, 9.17) is 23.2 Å². The van der Waals surface area contributed by atoms with E-state index in [9.17, 15) is 26.4 Å². The second kappa shape index (κ2) is 8.81. The van der Waals surface area contributed by atoms with Crippen LogP contribution < -0.4 is 4.72 Å². The SMILES string of the molecule is CCN(CC)C(=O)c1cc(S(=O)(=O)Nc2cccc(C(F)(F)F)c2)c(Cl)cc1Cl. The van der Waals surface area contributed by atoms with E-state index in [2.05, 4.69) is 4.72 Å². The molecule has 2 rings (SSSR count). The number of hydrogen-bond donors (Lipinski definition) is 1. The smallest absolute Gasteiger partial charge is 0.339 e. The first-order chi connectivity index (χ1) is 13.4. The van der Waals surface area contributed by atoms with Crippen LogP contribution in [0.4, 0.5) is 18.9 Å². The van der Waals surface area contributed by atoms with Crippen LogP contribution in [0.15, 0.2) is 41.3 Å². The highest BCUT2D eigenvalue weighted by Crippen LogP contribution is 2.33. The molecule has 2 aromatic rings. The Morgan fingerprint density at radius 2 is 1.69 bits per heavy atom. The first kappa shape index (κ1) is 23.3. The Labute approximate surface area is 176 Å². The number of halogens is 5. The van der Waals surface area contributed by atoms with Gasteiger partial charge in [-0.15, -0.1) is 0 Å². The van der Waals surface area contributed by atoms with Gasteiger partial charge in [-0.3, -0.25) is 9.52 Å². The summed E-state index contributed by atoms with van der Waals surface area (Å²) in [6.07, 6.45) is -4.64. The lowest BCUT2D eigenvalue weighted by atomic mass is 10.2. The van der Waals surface area contributed by atoms with Crippen LogP contribution in [0.3, 0.4) is 0 Å². The van der Waals surface area contributed by atoms with Crippen molar-refractivity contribution < 1.29 is 26.4 Å². The summed E-state index contributed by atoms with van der Waals surface area (Å²) in [4.78, 5) is 13.6. The van der Waals surface area contributed by atoms with Crippen molar-refractivity contribution in [1.82, 2.24) is 4.90 Å². The molecule has 0 aliphatic heterocycles. The molecule has 0 saturated heterocycles. The Kier molecular flexibility index (Phi) is 7.08. The third-order valence-corrected chi connectivity index (χ3v) is 6.19. The lowest BCUT2D eigenvalue weighted by Crippen LogP contribution is -2.31. The van der Waals surface area contributed by atoms with Crippen molar-refractivity contribution in [3.8, 4) is 0 Å². The molecule has 158 valence electrons. The quantitative estimate of drug-likeness (QED) is 0.625. The zero-order chi connectivity index (χ0) is 22.0. The van der Waals surface area contributed by atoms with Crippen LogP contribution >= 0.6 is 23.2 Å². The standard InChI is InChI=1S/C18H17Cl2F3N2O3S/c1-3-25(4-2)17(26)13-9-16(15(20)10-14(13)19)29(27,28)24-12-7-5-6-11(8-12)18(21,22)23/h5-10,24H,3-4H2,1-2H3. The predicted octanol–water partition coefficient (Wildman–Crippen LogP) is 5.30. The van der Waals surface area contributed by atoms with Gasteiger partial charge < -0.3 is 4.90 Å². The molecule has 2 aromatic carbocycles. The van der Waals surface area contributed by atoms with Crippen molar-refractivity contribution in [2.75, 3.05) is 17.8 Å². The van der Waals surface area contributed by atoms with Gasteiger partial charge in [-0.25, -0.2) is 8.42 Å². The average molecular weight is 469 g/mol. The Hall–Kier alpha value is -1.97. The summed E-state index contributed by atoms with van der Waals surface area (Å²) in [6.45, 7) is 4.24. The molecule has 0 saturated carbocycles.